The second-order valence-corrected chi connectivity index (χ2v) is 9.10. The third-order valence-electron chi connectivity index (χ3n) is 6.99. The molecular weight excluding hydrogens is 454 g/mol. The summed E-state index contributed by atoms with van der Waals surface area (Å²) in [6, 6.07) is 11.8. The van der Waals surface area contributed by atoms with Crippen LogP contribution in [0.2, 0.25) is 0 Å². The number of esters is 1. The molecule has 2 aliphatic heterocycles. The van der Waals surface area contributed by atoms with Crippen molar-refractivity contribution in [3.05, 3.63) is 58.6 Å². The van der Waals surface area contributed by atoms with Gasteiger partial charge in [0.05, 0.1) is 28.4 Å². The number of nitro benzene ring substituents is 1. The molecule has 1 saturated carbocycles. The molecular formula is C25H23N3O7. The summed E-state index contributed by atoms with van der Waals surface area (Å²) in [5, 5.41) is 10.8. The molecule has 1 aliphatic carbocycles. The molecule has 3 fully saturated rings. The predicted octanol–water partition coefficient (Wildman–Crippen LogP) is 3.23. The van der Waals surface area contributed by atoms with Crippen molar-refractivity contribution in [2.24, 2.45) is 17.8 Å². The molecule has 0 N–H and O–H groups in total. The summed E-state index contributed by atoms with van der Waals surface area (Å²) in [7, 11) is 0. The fourth-order valence-electron chi connectivity index (χ4n) is 5.15. The van der Waals surface area contributed by atoms with E-state index in [-0.39, 0.29) is 54.0 Å². The van der Waals surface area contributed by atoms with Gasteiger partial charge in [-0.15, -0.1) is 0 Å². The molecule has 3 aliphatic rings. The monoisotopic (exact) mass is 477 g/mol. The van der Waals surface area contributed by atoms with Crippen molar-refractivity contribution in [3.63, 3.8) is 0 Å². The number of nitro groups is 1. The Kier molecular flexibility index (Phi) is 5.80. The lowest BCUT2D eigenvalue weighted by atomic mass is 9.81. The van der Waals surface area contributed by atoms with Crippen molar-refractivity contribution < 1.29 is 28.8 Å². The zero-order valence-corrected chi connectivity index (χ0v) is 18.8. The molecule has 10 nitrogen and oxygen atoms in total. The van der Waals surface area contributed by atoms with Gasteiger partial charge >= 0.3 is 5.97 Å². The third kappa shape index (κ3) is 4.16. The van der Waals surface area contributed by atoms with Gasteiger partial charge in [-0.3, -0.25) is 34.2 Å². The van der Waals surface area contributed by atoms with E-state index in [0.717, 1.165) is 25.7 Å². The number of fused-ring (bicyclic) bond motifs is 1. The fourth-order valence-corrected chi connectivity index (χ4v) is 5.15. The molecule has 2 aromatic rings. The number of imide groups is 1. The van der Waals surface area contributed by atoms with Crippen molar-refractivity contribution >= 4 is 40.8 Å². The summed E-state index contributed by atoms with van der Waals surface area (Å²) in [4.78, 5) is 63.6. The lowest BCUT2D eigenvalue weighted by Crippen LogP contribution is -2.30. The van der Waals surface area contributed by atoms with Crippen LogP contribution in [0.3, 0.4) is 0 Å². The van der Waals surface area contributed by atoms with Gasteiger partial charge in [0.1, 0.15) is 5.75 Å². The summed E-state index contributed by atoms with van der Waals surface area (Å²) in [5.74, 6) is -2.11. The van der Waals surface area contributed by atoms with Crippen LogP contribution in [0, 0.1) is 27.9 Å². The molecule has 180 valence electrons. The van der Waals surface area contributed by atoms with E-state index < -0.39 is 16.8 Å². The summed E-state index contributed by atoms with van der Waals surface area (Å²) in [5.41, 5.74) is 0.839. The molecule has 5 rings (SSSR count). The zero-order chi connectivity index (χ0) is 24.7. The quantitative estimate of drug-likeness (QED) is 0.213. The first-order valence-electron chi connectivity index (χ1n) is 11.6. The van der Waals surface area contributed by atoms with Gasteiger partial charge < -0.3 is 9.64 Å². The molecule has 3 amide bonds. The van der Waals surface area contributed by atoms with E-state index in [2.05, 4.69) is 0 Å². The number of non-ortho nitro benzene ring substituents is 1. The lowest BCUT2D eigenvalue weighted by molar-refractivity contribution is -0.384. The van der Waals surface area contributed by atoms with E-state index in [9.17, 15) is 29.3 Å². The Morgan fingerprint density at radius 3 is 2.03 bits per heavy atom. The Labute approximate surface area is 200 Å². The van der Waals surface area contributed by atoms with E-state index >= 15 is 0 Å². The standard InChI is InChI=1S/C25H23N3O7/c29-22-13-15(14-26(22)16-5-7-18(8-6-16)28(33)34)25(32)35-19-11-9-17(10-12-19)27-23(30)20-3-1-2-4-21(20)24(27)31/h5-12,15,20-21H,1-4,13-14H2/t15-,20-,21+/m1/s1. The molecule has 0 aromatic heterocycles. The highest BCUT2D eigenvalue weighted by Gasteiger charge is 2.48. The van der Waals surface area contributed by atoms with Gasteiger partial charge in [-0.1, -0.05) is 12.8 Å². The molecule has 2 saturated heterocycles. The summed E-state index contributed by atoms with van der Waals surface area (Å²) < 4.78 is 5.45. The number of anilines is 2. The van der Waals surface area contributed by atoms with Crippen LogP contribution in [0.15, 0.2) is 48.5 Å². The highest BCUT2D eigenvalue weighted by molar-refractivity contribution is 6.22. The third-order valence-corrected chi connectivity index (χ3v) is 6.99. The summed E-state index contributed by atoms with van der Waals surface area (Å²) in [6.45, 7) is 0.104. The Morgan fingerprint density at radius 2 is 1.46 bits per heavy atom. The normalized spacial score (nSPS) is 24.0. The van der Waals surface area contributed by atoms with Crippen molar-refractivity contribution in [2.75, 3.05) is 16.3 Å². The van der Waals surface area contributed by atoms with E-state index in [1.165, 1.54) is 46.2 Å². The first-order valence-corrected chi connectivity index (χ1v) is 11.6. The van der Waals surface area contributed by atoms with Crippen LogP contribution in [0.5, 0.6) is 5.75 Å². The largest absolute Gasteiger partial charge is 0.426 e. The van der Waals surface area contributed by atoms with E-state index in [1.807, 2.05) is 0 Å². The number of nitrogens with zero attached hydrogens (tertiary/aromatic N) is 3. The average molecular weight is 477 g/mol. The lowest BCUT2D eigenvalue weighted by Gasteiger charge is -2.19. The number of carbonyl (C=O) groups excluding carboxylic acids is 4. The van der Waals surface area contributed by atoms with Crippen LogP contribution >= 0.6 is 0 Å². The van der Waals surface area contributed by atoms with Crippen molar-refractivity contribution in [3.8, 4) is 5.75 Å². The highest BCUT2D eigenvalue weighted by atomic mass is 16.6. The number of amides is 3. The zero-order valence-electron chi connectivity index (χ0n) is 18.8. The predicted molar refractivity (Wildman–Crippen MR) is 124 cm³/mol. The van der Waals surface area contributed by atoms with Crippen LogP contribution < -0.4 is 14.5 Å². The minimum Gasteiger partial charge on any atom is -0.426 e. The van der Waals surface area contributed by atoms with E-state index in [0.29, 0.717) is 11.4 Å². The molecule has 0 spiro atoms. The van der Waals surface area contributed by atoms with Gasteiger partial charge in [0.25, 0.3) is 5.69 Å². The smallest absolute Gasteiger partial charge is 0.316 e. The molecule has 0 bridgehead atoms. The SMILES string of the molecule is O=C(Oc1ccc(N2C(=O)[C@H]3CCCC[C@H]3C2=O)cc1)[C@@H]1CC(=O)N(c2ccc([N+](=O)[O-])cc2)C1. The molecule has 10 heteroatoms. The number of rotatable bonds is 5. The molecule has 0 radical (unpaired) electrons. The second kappa shape index (κ2) is 8.94. The van der Waals surface area contributed by atoms with Gasteiger partial charge in [0.2, 0.25) is 17.7 Å². The van der Waals surface area contributed by atoms with Crippen LogP contribution in [0.25, 0.3) is 0 Å². The first-order chi connectivity index (χ1) is 16.8. The van der Waals surface area contributed by atoms with Crippen LogP contribution in [-0.2, 0) is 19.2 Å². The minimum atomic E-state index is -0.692. The van der Waals surface area contributed by atoms with Crippen molar-refractivity contribution in [2.45, 2.75) is 32.1 Å². The van der Waals surface area contributed by atoms with Crippen LogP contribution in [0.4, 0.5) is 17.1 Å². The maximum Gasteiger partial charge on any atom is 0.316 e. The molecule has 0 unspecified atom stereocenters. The molecule has 2 heterocycles. The molecule has 2 aromatic carbocycles. The maximum atomic E-state index is 12.8. The van der Waals surface area contributed by atoms with Crippen LogP contribution in [-0.4, -0.2) is 35.2 Å². The van der Waals surface area contributed by atoms with Gasteiger partial charge in [0, 0.05) is 30.8 Å². The minimum absolute atomic E-state index is 0.0343. The van der Waals surface area contributed by atoms with Gasteiger partial charge in [-0.2, -0.15) is 0 Å². The van der Waals surface area contributed by atoms with Crippen molar-refractivity contribution in [1.29, 1.82) is 0 Å². The number of carbonyl (C=O) groups is 4. The van der Waals surface area contributed by atoms with Gasteiger partial charge in [0.15, 0.2) is 0 Å². The average Bonchev–Trinajstić information content (AvgIpc) is 3.37. The van der Waals surface area contributed by atoms with Gasteiger partial charge in [-0.05, 0) is 49.2 Å². The number of benzene rings is 2. The summed E-state index contributed by atoms with van der Waals surface area (Å²) in [6.07, 6.45) is 3.34. The van der Waals surface area contributed by atoms with Gasteiger partial charge in [-0.25, -0.2) is 0 Å². The van der Waals surface area contributed by atoms with Crippen LogP contribution in [0.1, 0.15) is 32.1 Å². The fraction of sp³-hybridized carbons (Fsp3) is 0.360. The highest BCUT2D eigenvalue weighted by Crippen LogP contribution is 2.40. The Hall–Kier alpha value is -4.08. The topological polar surface area (TPSA) is 127 Å². The Morgan fingerprint density at radius 1 is 0.886 bits per heavy atom. The number of hydrogen-bond acceptors (Lipinski definition) is 7. The molecule has 35 heavy (non-hydrogen) atoms. The van der Waals surface area contributed by atoms with Crippen molar-refractivity contribution in [1.82, 2.24) is 0 Å². The van der Waals surface area contributed by atoms with E-state index in [4.69, 9.17) is 4.74 Å². The maximum absolute atomic E-state index is 12.8. The summed E-state index contributed by atoms with van der Waals surface area (Å²) >= 11 is 0. The second-order valence-electron chi connectivity index (χ2n) is 9.10. The Balaban J connectivity index is 1.23. The molecule has 3 atom stereocenters. The number of ether oxygens (including phenoxy) is 1. The first kappa shape index (κ1) is 22.7. The Bertz CT molecular complexity index is 1180. The number of hydrogen-bond donors (Lipinski definition) is 0. The van der Waals surface area contributed by atoms with E-state index in [1.54, 1.807) is 12.1 Å².